The molecule has 1 aliphatic heterocycles. The molecule has 1 aromatic carbocycles. The van der Waals surface area contributed by atoms with Crippen molar-refractivity contribution in [1.29, 1.82) is 0 Å². The van der Waals surface area contributed by atoms with E-state index in [0.29, 0.717) is 6.54 Å². The molecule has 0 spiro atoms. The molecule has 1 amide bonds. The van der Waals surface area contributed by atoms with Gasteiger partial charge in [0, 0.05) is 6.54 Å². The molecule has 17 heavy (non-hydrogen) atoms. The van der Waals surface area contributed by atoms with Gasteiger partial charge in [0.05, 0.1) is 11.9 Å². The number of benzene rings is 1. The third kappa shape index (κ3) is 2.48. The summed E-state index contributed by atoms with van der Waals surface area (Å²) in [6.45, 7) is 4.40. The first-order chi connectivity index (χ1) is 8.13. The van der Waals surface area contributed by atoms with Crippen LogP contribution in [0.2, 0.25) is 0 Å². The van der Waals surface area contributed by atoms with Gasteiger partial charge in [0.1, 0.15) is 5.37 Å². The second-order valence-electron chi connectivity index (χ2n) is 4.30. The van der Waals surface area contributed by atoms with Crippen LogP contribution in [0, 0.1) is 6.92 Å². The van der Waals surface area contributed by atoms with Crippen molar-refractivity contribution in [3.8, 4) is 0 Å². The number of aliphatic hydroxyl groups excluding tert-OH is 1. The van der Waals surface area contributed by atoms with E-state index in [2.05, 4.69) is 24.3 Å². The van der Waals surface area contributed by atoms with Crippen LogP contribution < -0.4 is 0 Å². The zero-order valence-corrected chi connectivity index (χ0v) is 10.9. The quantitative estimate of drug-likeness (QED) is 0.892. The molecule has 92 valence electrons. The number of carbonyl (C=O) groups is 1. The topological polar surface area (TPSA) is 40.5 Å². The maximum atomic E-state index is 11.9. The van der Waals surface area contributed by atoms with Crippen molar-refractivity contribution in [3.05, 3.63) is 35.4 Å². The molecule has 0 unspecified atom stereocenters. The average molecular weight is 251 g/mol. The van der Waals surface area contributed by atoms with Crippen LogP contribution in [0.3, 0.4) is 0 Å². The summed E-state index contributed by atoms with van der Waals surface area (Å²) in [5.74, 6) is 0.120. The number of rotatable bonds is 3. The fraction of sp³-hybridized carbons (Fsp3) is 0.462. The zero-order valence-electron chi connectivity index (χ0n) is 10.1. The molecule has 1 N–H and O–H groups in total. The fourth-order valence-corrected chi connectivity index (χ4v) is 3.31. The monoisotopic (exact) mass is 251 g/mol. The van der Waals surface area contributed by atoms with Crippen molar-refractivity contribution in [3.63, 3.8) is 0 Å². The van der Waals surface area contributed by atoms with Gasteiger partial charge in [-0.05, 0) is 19.4 Å². The summed E-state index contributed by atoms with van der Waals surface area (Å²) in [6.07, 6.45) is 0. The fourth-order valence-electron chi connectivity index (χ4n) is 2.00. The number of nitrogens with zero attached hydrogens (tertiary/aromatic N) is 1. The summed E-state index contributed by atoms with van der Waals surface area (Å²) in [7, 11) is 0. The Bertz CT molecular complexity index is 404. The molecule has 0 radical (unpaired) electrons. The largest absolute Gasteiger partial charge is 0.395 e. The third-order valence-electron chi connectivity index (χ3n) is 2.95. The van der Waals surface area contributed by atoms with Gasteiger partial charge in [-0.1, -0.05) is 29.8 Å². The second kappa shape index (κ2) is 5.10. The predicted octanol–water partition coefficient (Wildman–Crippen LogP) is 1.95. The first-order valence-corrected chi connectivity index (χ1v) is 6.71. The Kier molecular flexibility index (Phi) is 3.74. The van der Waals surface area contributed by atoms with Gasteiger partial charge in [0.15, 0.2) is 0 Å². The first kappa shape index (κ1) is 12.5. The number of carbonyl (C=O) groups excluding carboxylic acids is 1. The minimum absolute atomic E-state index is 0.0153. The number of β-amino-alcohol motifs (C(OH)–C–C–N with tert-alkyl or cyclic N) is 1. The second-order valence-corrected chi connectivity index (χ2v) is 5.72. The number of aryl methyl sites for hydroxylation is 1. The Morgan fingerprint density at radius 1 is 1.35 bits per heavy atom. The van der Waals surface area contributed by atoms with Crippen LogP contribution in [0.4, 0.5) is 0 Å². The van der Waals surface area contributed by atoms with E-state index in [-0.39, 0.29) is 23.1 Å². The van der Waals surface area contributed by atoms with E-state index in [4.69, 9.17) is 5.11 Å². The van der Waals surface area contributed by atoms with Gasteiger partial charge in [-0.3, -0.25) is 4.79 Å². The summed E-state index contributed by atoms with van der Waals surface area (Å²) < 4.78 is 0. The van der Waals surface area contributed by atoms with Gasteiger partial charge in [-0.25, -0.2) is 0 Å². The van der Waals surface area contributed by atoms with E-state index in [9.17, 15) is 4.79 Å². The molecule has 1 aliphatic rings. The Morgan fingerprint density at radius 2 is 2.00 bits per heavy atom. The highest BCUT2D eigenvalue weighted by Gasteiger charge is 2.37. The standard InChI is InChI=1S/C13H17NO2S/c1-9-3-5-11(6-4-9)13-14(7-8-15)12(16)10(2)17-13/h3-6,10,13,15H,7-8H2,1-2H3/t10-,13+/m0/s1. The smallest absolute Gasteiger partial charge is 0.236 e. The third-order valence-corrected chi connectivity index (χ3v) is 4.34. The maximum absolute atomic E-state index is 11.9. The van der Waals surface area contributed by atoms with Gasteiger partial charge >= 0.3 is 0 Å². The lowest BCUT2D eigenvalue weighted by molar-refractivity contribution is -0.130. The summed E-state index contributed by atoms with van der Waals surface area (Å²) >= 11 is 1.65. The van der Waals surface area contributed by atoms with E-state index in [1.54, 1.807) is 16.7 Å². The Balaban J connectivity index is 2.24. The number of aliphatic hydroxyl groups is 1. The highest BCUT2D eigenvalue weighted by Crippen LogP contribution is 2.42. The molecule has 0 aliphatic carbocycles. The molecule has 2 atom stereocenters. The van der Waals surface area contributed by atoms with Crippen LogP contribution >= 0.6 is 11.8 Å². The molecular formula is C13H17NO2S. The minimum Gasteiger partial charge on any atom is -0.395 e. The summed E-state index contributed by atoms with van der Waals surface area (Å²) in [5.41, 5.74) is 2.34. The average Bonchev–Trinajstić information content (AvgIpc) is 2.59. The van der Waals surface area contributed by atoms with Crippen LogP contribution in [0.15, 0.2) is 24.3 Å². The number of hydrogen-bond donors (Lipinski definition) is 1. The maximum Gasteiger partial charge on any atom is 0.236 e. The lowest BCUT2D eigenvalue weighted by Crippen LogP contribution is -2.32. The molecule has 1 heterocycles. The molecule has 3 nitrogen and oxygen atoms in total. The Labute approximate surface area is 106 Å². The highest BCUT2D eigenvalue weighted by molar-refractivity contribution is 8.01. The van der Waals surface area contributed by atoms with E-state index in [1.807, 2.05) is 13.8 Å². The van der Waals surface area contributed by atoms with Crippen molar-refractivity contribution in [2.45, 2.75) is 24.5 Å². The molecule has 4 heteroatoms. The Hall–Kier alpha value is -1.00. The van der Waals surface area contributed by atoms with E-state index >= 15 is 0 Å². The van der Waals surface area contributed by atoms with Crippen LogP contribution in [0.25, 0.3) is 0 Å². The molecular weight excluding hydrogens is 234 g/mol. The van der Waals surface area contributed by atoms with Gasteiger partial charge in [0.25, 0.3) is 0 Å². The predicted molar refractivity (Wildman–Crippen MR) is 69.8 cm³/mol. The van der Waals surface area contributed by atoms with E-state index in [0.717, 1.165) is 5.56 Å². The molecule has 1 aromatic rings. The molecule has 0 saturated carbocycles. The molecule has 0 bridgehead atoms. The van der Waals surface area contributed by atoms with Gasteiger partial charge < -0.3 is 10.0 Å². The van der Waals surface area contributed by atoms with Crippen LogP contribution in [0.5, 0.6) is 0 Å². The van der Waals surface area contributed by atoms with Crippen LogP contribution in [0.1, 0.15) is 23.4 Å². The number of thioether (sulfide) groups is 1. The summed E-state index contributed by atoms with van der Waals surface area (Å²) in [4.78, 5) is 13.7. The van der Waals surface area contributed by atoms with Gasteiger partial charge in [-0.15, -0.1) is 11.8 Å². The van der Waals surface area contributed by atoms with Crippen molar-refractivity contribution in [2.24, 2.45) is 0 Å². The van der Waals surface area contributed by atoms with Crippen molar-refractivity contribution in [1.82, 2.24) is 4.90 Å². The minimum atomic E-state index is -0.0205. The summed E-state index contributed by atoms with van der Waals surface area (Å²) in [6, 6.07) is 8.23. The summed E-state index contributed by atoms with van der Waals surface area (Å²) in [5, 5.41) is 9.06. The molecule has 0 aromatic heterocycles. The number of amides is 1. The lowest BCUT2D eigenvalue weighted by Gasteiger charge is -2.23. The van der Waals surface area contributed by atoms with E-state index < -0.39 is 0 Å². The SMILES string of the molecule is Cc1ccc([C@H]2S[C@@H](C)C(=O)N2CCO)cc1. The first-order valence-electron chi connectivity index (χ1n) is 5.77. The van der Waals surface area contributed by atoms with Crippen molar-refractivity contribution >= 4 is 17.7 Å². The lowest BCUT2D eigenvalue weighted by atomic mass is 10.1. The Morgan fingerprint density at radius 3 is 2.59 bits per heavy atom. The zero-order chi connectivity index (χ0) is 12.4. The van der Waals surface area contributed by atoms with Crippen LogP contribution in [-0.4, -0.2) is 34.3 Å². The van der Waals surface area contributed by atoms with E-state index in [1.165, 1.54) is 5.56 Å². The number of hydrogen-bond acceptors (Lipinski definition) is 3. The van der Waals surface area contributed by atoms with Gasteiger partial charge in [-0.2, -0.15) is 0 Å². The van der Waals surface area contributed by atoms with Crippen LogP contribution in [-0.2, 0) is 4.79 Å². The van der Waals surface area contributed by atoms with Gasteiger partial charge in [0.2, 0.25) is 5.91 Å². The molecule has 1 fully saturated rings. The molecule has 1 saturated heterocycles. The normalized spacial score (nSPS) is 24.4. The highest BCUT2D eigenvalue weighted by atomic mass is 32.2. The van der Waals surface area contributed by atoms with Crippen molar-refractivity contribution in [2.75, 3.05) is 13.2 Å². The molecule has 2 rings (SSSR count). The van der Waals surface area contributed by atoms with Crippen molar-refractivity contribution < 1.29 is 9.90 Å².